The highest BCUT2D eigenvalue weighted by Crippen LogP contribution is 2.40. The van der Waals surface area contributed by atoms with E-state index in [0.717, 1.165) is 62.2 Å². The van der Waals surface area contributed by atoms with Crippen LogP contribution in [0.4, 0.5) is 0 Å². The number of benzene rings is 3. The molecule has 0 bridgehead atoms. The summed E-state index contributed by atoms with van der Waals surface area (Å²) in [6.45, 7) is 4.39. The molecule has 3 unspecified atom stereocenters. The highest BCUT2D eigenvalue weighted by Gasteiger charge is 2.37. The lowest BCUT2D eigenvalue weighted by Gasteiger charge is -2.30. The van der Waals surface area contributed by atoms with Gasteiger partial charge in [0.05, 0.1) is 11.6 Å². The van der Waals surface area contributed by atoms with Crippen molar-refractivity contribution in [3.05, 3.63) is 166 Å². The van der Waals surface area contributed by atoms with Crippen molar-refractivity contribution in [2.75, 3.05) is 0 Å². The highest BCUT2D eigenvalue weighted by molar-refractivity contribution is 6.14. The van der Waals surface area contributed by atoms with Gasteiger partial charge in [-0.05, 0) is 128 Å². The molecule has 1 N–H and O–H groups in total. The average Bonchev–Trinajstić information content (AvgIpc) is 3.17. The monoisotopic (exact) mass is 680 g/mol. The number of hydrogen-bond donors (Lipinski definition) is 1. The first kappa shape index (κ1) is 32.5. The molecule has 0 aromatic heterocycles. The van der Waals surface area contributed by atoms with Crippen LogP contribution in [0.3, 0.4) is 0 Å². The molecule has 4 nitrogen and oxygen atoms in total. The maximum Gasteiger partial charge on any atom is 0.510 e. The van der Waals surface area contributed by atoms with Gasteiger partial charge >= 0.3 is 11.8 Å². The lowest BCUT2D eigenvalue weighted by atomic mass is 9.81. The smallest absolute Gasteiger partial charge is 0.340 e. The maximum atomic E-state index is 6.14. The molecule has 0 radical (unpaired) electrons. The van der Waals surface area contributed by atoms with E-state index in [1.807, 2.05) is 0 Å². The average molecular weight is 681 g/mol. The van der Waals surface area contributed by atoms with Gasteiger partial charge in [0.2, 0.25) is 0 Å². The number of nitrogens with zero attached hydrogens (tertiary/aromatic N) is 2. The fourth-order valence-electron chi connectivity index (χ4n) is 8.71. The van der Waals surface area contributed by atoms with Gasteiger partial charge in [-0.25, -0.2) is 0 Å². The molecule has 2 heterocycles. The molecule has 4 heteroatoms. The minimum absolute atomic E-state index is 0.151. The zero-order valence-electron chi connectivity index (χ0n) is 30.2. The van der Waals surface area contributed by atoms with E-state index in [0.29, 0.717) is 17.7 Å². The van der Waals surface area contributed by atoms with E-state index in [2.05, 4.69) is 141 Å². The molecule has 0 spiro atoms. The van der Waals surface area contributed by atoms with Gasteiger partial charge in [-0.15, -0.1) is 0 Å². The summed E-state index contributed by atoms with van der Waals surface area (Å²) in [6, 6.07) is 24.7. The van der Waals surface area contributed by atoms with Gasteiger partial charge in [-0.2, -0.15) is 0 Å². The van der Waals surface area contributed by atoms with Gasteiger partial charge in [0, 0.05) is 21.5 Å². The molecule has 0 saturated heterocycles. The fourth-order valence-corrected chi connectivity index (χ4v) is 8.71. The van der Waals surface area contributed by atoms with Crippen LogP contribution in [-0.2, 0) is 11.2 Å². The molecule has 52 heavy (non-hydrogen) atoms. The summed E-state index contributed by atoms with van der Waals surface area (Å²) in [7, 11) is 0. The molecule has 258 valence electrons. The van der Waals surface area contributed by atoms with Gasteiger partial charge in [-0.1, -0.05) is 110 Å². The van der Waals surface area contributed by atoms with E-state index in [-0.39, 0.29) is 6.04 Å². The number of amidine groups is 1. The molecular formula is C48H46N3O+. The first-order valence-corrected chi connectivity index (χ1v) is 19.2. The quantitative estimate of drug-likeness (QED) is 0.199. The summed E-state index contributed by atoms with van der Waals surface area (Å²) in [5, 5.41) is 3.82. The van der Waals surface area contributed by atoms with Gasteiger partial charge < -0.3 is 10.1 Å². The number of ether oxygens (including phenoxy) is 1. The summed E-state index contributed by atoms with van der Waals surface area (Å²) in [5.74, 6) is 3.51. The lowest BCUT2D eigenvalue weighted by molar-refractivity contribution is 0.434. The zero-order valence-corrected chi connectivity index (χ0v) is 30.2. The highest BCUT2D eigenvalue weighted by atomic mass is 16.5. The summed E-state index contributed by atoms with van der Waals surface area (Å²) < 4.78 is 10.9. The van der Waals surface area contributed by atoms with E-state index in [1.54, 1.807) is 0 Å². The summed E-state index contributed by atoms with van der Waals surface area (Å²) in [5.41, 5.74) is 14.9. The van der Waals surface area contributed by atoms with Gasteiger partial charge in [-0.3, -0.25) is 4.99 Å². The van der Waals surface area contributed by atoms with E-state index in [1.165, 1.54) is 67.8 Å². The molecular weight excluding hydrogens is 635 g/mol. The minimum Gasteiger partial charge on any atom is -0.340 e. The Morgan fingerprint density at radius 2 is 1.58 bits per heavy atom. The van der Waals surface area contributed by atoms with Crippen LogP contribution in [0.2, 0.25) is 0 Å². The summed E-state index contributed by atoms with van der Waals surface area (Å²) in [4.78, 5) is 5.32. The second-order valence-corrected chi connectivity index (χ2v) is 15.1. The molecule has 3 aromatic rings. The van der Waals surface area contributed by atoms with Gasteiger partial charge in [0.15, 0.2) is 0 Å². The Labute approximate surface area is 307 Å². The van der Waals surface area contributed by atoms with Crippen molar-refractivity contribution in [1.29, 1.82) is 0 Å². The van der Waals surface area contributed by atoms with E-state index in [9.17, 15) is 0 Å². The second kappa shape index (κ2) is 13.9. The number of fused-ring (bicyclic) bond motifs is 1. The van der Waals surface area contributed by atoms with Crippen LogP contribution >= 0.6 is 0 Å². The van der Waals surface area contributed by atoms with Crippen molar-refractivity contribution in [2.45, 2.75) is 71.3 Å². The van der Waals surface area contributed by atoms with Crippen molar-refractivity contribution in [3.8, 4) is 11.1 Å². The molecule has 2 aliphatic heterocycles. The molecule has 3 atom stereocenters. The lowest BCUT2D eigenvalue weighted by Crippen LogP contribution is -2.33. The third-order valence-corrected chi connectivity index (χ3v) is 11.3. The van der Waals surface area contributed by atoms with Crippen LogP contribution in [0, 0.1) is 11.8 Å². The minimum atomic E-state index is 0.151. The largest absolute Gasteiger partial charge is 0.510 e. The van der Waals surface area contributed by atoms with Gasteiger partial charge in [0.25, 0.3) is 0 Å². The Morgan fingerprint density at radius 1 is 0.769 bits per heavy atom. The second-order valence-electron chi connectivity index (χ2n) is 15.1. The number of hydrogen-bond acceptors (Lipinski definition) is 3. The predicted octanol–water partition coefficient (Wildman–Crippen LogP) is 10.2. The molecule has 0 amide bonds. The van der Waals surface area contributed by atoms with Crippen molar-refractivity contribution < 1.29 is 4.74 Å². The molecule has 0 saturated carbocycles. The normalized spacial score (nSPS) is 23.5. The first-order valence-electron chi connectivity index (χ1n) is 19.2. The van der Waals surface area contributed by atoms with Crippen molar-refractivity contribution in [1.82, 2.24) is 9.98 Å². The van der Waals surface area contributed by atoms with E-state index in [4.69, 9.17) is 14.4 Å². The van der Waals surface area contributed by atoms with Crippen LogP contribution in [0.5, 0.6) is 0 Å². The number of aliphatic imine (C=N–C) groups is 1. The first-order chi connectivity index (χ1) is 25.6. The van der Waals surface area contributed by atoms with Crippen molar-refractivity contribution >= 4 is 28.9 Å². The number of allylic oxidation sites excluding steroid dienone is 8. The molecule has 0 fully saturated rings. The van der Waals surface area contributed by atoms with Crippen molar-refractivity contribution in [3.63, 3.8) is 0 Å². The number of rotatable bonds is 7. The van der Waals surface area contributed by atoms with Gasteiger partial charge in [0.1, 0.15) is 11.4 Å². The Hall–Kier alpha value is -5.44. The fraction of sp³-hybridized carbons (Fsp3) is 0.271. The van der Waals surface area contributed by atoms with E-state index >= 15 is 0 Å². The standard InChI is InChI=1S/C48H46N3O/c1-31-27-32(2)29-37(28-31)48-51-47(52-48)36-25-23-33(24-26-36)38-19-11-21-40-39(38)20-12-22-41(40)42-17-9-10-18-43(42)45-30-44(34-13-5-3-6-14-34)49-46(50-45)35-15-7-4-8-16-35/h3,5,7,9-10,12,15-20,22-28,30,32,34,44H,4,6,8,11,13-14,21,29H2,1-2H3,(H,49,50)/q+1. The SMILES string of the molecule is CC1=CC(C)CC(C2=[N+]=C(c3ccc(C4=CCCc5c4cccc5-c4ccccc4C4=CC(C5CC=CCC5)N=C(C5=CCCC=C5)N4)cc3)O2)=C1. The van der Waals surface area contributed by atoms with Crippen LogP contribution in [-0.4, -0.2) is 23.7 Å². The molecule has 9 rings (SSSR count). The maximum absolute atomic E-state index is 6.14. The Kier molecular flexibility index (Phi) is 8.70. The number of nitrogens with one attached hydrogen (secondary N) is 1. The molecule has 3 aromatic carbocycles. The topological polar surface area (TPSA) is 47.7 Å². The molecule has 6 aliphatic rings. The van der Waals surface area contributed by atoms with Crippen LogP contribution in [0.15, 0.2) is 143 Å². The van der Waals surface area contributed by atoms with Crippen LogP contribution < -0.4 is 9.98 Å². The molecule has 4 aliphatic carbocycles. The summed E-state index contributed by atoms with van der Waals surface area (Å²) in [6.07, 6.45) is 29.4. The van der Waals surface area contributed by atoms with Crippen LogP contribution in [0.1, 0.15) is 86.6 Å². The van der Waals surface area contributed by atoms with Crippen LogP contribution in [0.25, 0.3) is 22.4 Å². The third kappa shape index (κ3) is 6.33. The Morgan fingerprint density at radius 3 is 2.37 bits per heavy atom. The predicted molar refractivity (Wildman–Crippen MR) is 217 cm³/mol. The Balaban J connectivity index is 1.03. The van der Waals surface area contributed by atoms with Crippen molar-refractivity contribution in [2.24, 2.45) is 16.8 Å². The van der Waals surface area contributed by atoms with E-state index < -0.39 is 0 Å². The Bertz CT molecular complexity index is 2260. The zero-order chi connectivity index (χ0) is 35.0. The third-order valence-electron chi connectivity index (χ3n) is 11.3. The summed E-state index contributed by atoms with van der Waals surface area (Å²) >= 11 is 0.